The van der Waals surface area contributed by atoms with Gasteiger partial charge < -0.3 is 26.8 Å². The minimum atomic E-state index is -5.08. The summed E-state index contributed by atoms with van der Waals surface area (Å²) >= 11 is 0. The van der Waals surface area contributed by atoms with Crippen LogP contribution in [0.3, 0.4) is 0 Å². The van der Waals surface area contributed by atoms with Gasteiger partial charge in [0.2, 0.25) is 11.8 Å². The molecule has 2 aliphatic heterocycles. The Labute approximate surface area is 245 Å². The number of nitrogens with one attached hydrogen (secondary N) is 3. The van der Waals surface area contributed by atoms with Gasteiger partial charge in [-0.15, -0.1) is 0 Å². The smallest absolute Gasteiger partial charge is 0.475 e. The molecule has 0 saturated heterocycles. The molecule has 2 amide bonds. The number of pyridine rings is 1. The predicted molar refractivity (Wildman–Crippen MR) is 157 cm³/mol. The Morgan fingerprint density at radius 3 is 2.40 bits per heavy atom. The zero-order valence-corrected chi connectivity index (χ0v) is 22.9. The highest BCUT2D eigenvalue weighted by Crippen LogP contribution is 2.27. The van der Waals surface area contributed by atoms with Crippen molar-refractivity contribution in [1.29, 1.82) is 0 Å². The van der Waals surface area contributed by atoms with E-state index in [0.717, 1.165) is 52.5 Å². The van der Waals surface area contributed by atoms with Crippen molar-refractivity contribution in [2.24, 2.45) is 0 Å². The molecule has 4 aromatic rings. The van der Waals surface area contributed by atoms with Crippen LogP contribution in [0, 0.1) is 0 Å². The third-order valence-corrected chi connectivity index (χ3v) is 6.72. The largest absolute Gasteiger partial charge is 0.490 e. The van der Waals surface area contributed by atoms with Crippen molar-refractivity contribution in [1.82, 2.24) is 10.3 Å². The number of aromatic nitrogens is 1. The molecule has 6 N–H and O–H groups in total. The number of nitrogen functional groups attached to an aromatic ring is 1. The Morgan fingerprint density at radius 2 is 1.67 bits per heavy atom. The van der Waals surface area contributed by atoms with E-state index in [2.05, 4.69) is 33.1 Å². The van der Waals surface area contributed by atoms with Gasteiger partial charge in [-0.25, -0.2) is 9.78 Å². The Hall–Kier alpha value is -5.13. The fourth-order valence-electron chi connectivity index (χ4n) is 4.52. The normalized spacial score (nSPS) is 15.8. The molecule has 3 aromatic carbocycles. The first-order valence-corrected chi connectivity index (χ1v) is 13.5. The molecule has 12 heteroatoms. The summed E-state index contributed by atoms with van der Waals surface area (Å²) in [5.41, 5.74) is 10.5. The molecule has 1 atom stereocenters. The first kappa shape index (κ1) is 30.8. The van der Waals surface area contributed by atoms with E-state index in [1.54, 1.807) is 6.20 Å². The zero-order valence-electron chi connectivity index (χ0n) is 22.9. The maximum absolute atomic E-state index is 13.4. The molecule has 0 radical (unpaired) electrons. The number of carbonyl (C=O) groups is 3. The van der Waals surface area contributed by atoms with Crippen LogP contribution in [0.2, 0.25) is 0 Å². The van der Waals surface area contributed by atoms with E-state index in [0.29, 0.717) is 18.8 Å². The van der Waals surface area contributed by atoms with Crippen LogP contribution >= 0.6 is 0 Å². The number of hydrogen-bond acceptors (Lipinski definition) is 6. The van der Waals surface area contributed by atoms with Crippen molar-refractivity contribution < 1.29 is 32.7 Å². The third-order valence-electron chi connectivity index (χ3n) is 6.72. The van der Waals surface area contributed by atoms with Crippen molar-refractivity contribution in [2.45, 2.75) is 44.4 Å². The second-order valence-corrected chi connectivity index (χ2v) is 9.93. The van der Waals surface area contributed by atoms with Gasteiger partial charge >= 0.3 is 12.1 Å². The number of rotatable bonds is 2. The lowest BCUT2D eigenvalue weighted by atomic mass is 10.0. The minimum Gasteiger partial charge on any atom is -0.475 e. The highest BCUT2D eigenvalue weighted by Gasteiger charge is 2.38. The molecule has 9 nitrogen and oxygen atoms in total. The molecule has 0 spiro atoms. The fraction of sp³-hybridized carbons (Fsp3) is 0.226. The number of anilines is 3. The molecule has 224 valence electrons. The van der Waals surface area contributed by atoms with Crippen molar-refractivity contribution in [3.05, 3.63) is 95.7 Å². The molecular formula is C31H30F3N5O4. The quantitative estimate of drug-likeness (QED) is 0.204. The number of halogens is 3. The lowest BCUT2D eigenvalue weighted by Crippen LogP contribution is -2.33. The number of aryl methyl sites for hydroxylation is 1. The number of aliphatic carboxylic acids is 1. The average molecular weight is 594 g/mol. The van der Waals surface area contributed by atoms with Gasteiger partial charge in [-0.05, 0) is 77.7 Å². The number of carbonyl (C=O) groups excluding carboxylic acids is 2. The van der Waals surface area contributed by atoms with Crippen LogP contribution in [0.15, 0.2) is 79.0 Å². The van der Waals surface area contributed by atoms with E-state index in [9.17, 15) is 22.8 Å². The van der Waals surface area contributed by atoms with Crippen LogP contribution in [0.4, 0.5) is 30.4 Å². The number of benzene rings is 3. The number of nitrogens with zero attached hydrogens (tertiary/aromatic N) is 1. The van der Waals surface area contributed by atoms with Gasteiger partial charge in [0, 0.05) is 35.9 Å². The van der Waals surface area contributed by atoms with Gasteiger partial charge in [0.15, 0.2) is 0 Å². The van der Waals surface area contributed by atoms with Crippen LogP contribution in [0.5, 0.6) is 0 Å². The Kier molecular flexibility index (Phi) is 9.81. The van der Waals surface area contributed by atoms with Gasteiger partial charge in [-0.2, -0.15) is 13.2 Å². The number of nitrogens with two attached hydrogens (primary N) is 1. The van der Waals surface area contributed by atoms with E-state index < -0.39 is 18.2 Å². The summed E-state index contributed by atoms with van der Waals surface area (Å²) in [7, 11) is 0. The Balaban J connectivity index is 0.000000541. The van der Waals surface area contributed by atoms with Crippen LogP contribution in [-0.4, -0.2) is 34.1 Å². The molecule has 43 heavy (non-hydrogen) atoms. The minimum absolute atomic E-state index is 0.00744. The van der Waals surface area contributed by atoms with Crippen molar-refractivity contribution in [3.8, 4) is 0 Å². The number of amides is 2. The molecule has 4 bridgehead atoms. The topological polar surface area (TPSA) is 146 Å². The SMILES string of the molecule is Nc1nccc2cc(NC3C(=O)NCc4cccc(c4)NC(=O)CCCCc4ccc3cc4)ccc12.O=C(O)C(F)(F)F. The lowest BCUT2D eigenvalue weighted by Gasteiger charge is -2.21. The fourth-order valence-corrected chi connectivity index (χ4v) is 4.52. The van der Waals surface area contributed by atoms with Crippen molar-refractivity contribution >= 4 is 45.7 Å². The number of alkyl halides is 3. The maximum Gasteiger partial charge on any atom is 0.490 e. The van der Waals surface area contributed by atoms with E-state index in [-0.39, 0.29) is 11.8 Å². The highest BCUT2D eigenvalue weighted by molar-refractivity contribution is 5.94. The monoisotopic (exact) mass is 593 g/mol. The highest BCUT2D eigenvalue weighted by atomic mass is 19.4. The molecular weight excluding hydrogens is 563 g/mol. The molecule has 0 aliphatic carbocycles. The third kappa shape index (κ3) is 8.68. The second-order valence-electron chi connectivity index (χ2n) is 9.93. The summed E-state index contributed by atoms with van der Waals surface area (Å²) in [4.78, 5) is 38.8. The summed E-state index contributed by atoms with van der Waals surface area (Å²) in [6, 6.07) is 22.8. The van der Waals surface area contributed by atoms with Crippen molar-refractivity contribution in [3.63, 3.8) is 0 Å². The number of hydrogen-bond donors (Lipinski definition) is 5. The van der Waals surface area contributed by atoms with Gasteiger partial charge in [-0.3, -0.25) is 9.59 Å². The van der Waals surface area contributed by atoms with Crippen LogP contribution in [-0.2, 0) is 27.3 Å². The summed E-state index contributed by atoms with van der Waals surface area (Å²) < 4.78 is 31.7. The standard InChI is InChI=1S/C29H29N5O2.C2HF3O2/c30-28-25-13-12-24(17-22(25)14-15-31-28)34-27-21-10-8-19(9-11-21)4-1-2-7-26(35)33-23-6-3-5-20(16-23)18-32-29(27)36;3-2(4,5)1(6)7/h3,5-6,8-17,27,34H,1-2,4,7,18H2,(H2,30,31)(H,32,36)(H,33,35);(H,6,7). The Bertz CT molecular complexity index is 1610. The van der Waals surface area contributed by atoms with Crippen molar-refractivity contribution in [2.75, 3.05) is 16.4 Å². The number of fused-ring (bicyclic) bond motifs is 11. The predicted octanol–water partition coefficient (Wildman–Crippen LogP) is 5.58. The molecule has 0 fully saturated rings. The van der Waals surface area contributed by atoms with E-state index in [1.165, 1.54) is 5.56 Å². The molecule has 6 rings (SSSR count). The molecule has 3 heterocycles. The van der Waals surface area contributed by atoms with Crippen LogP contribution < -0.4 is 21.7 Å². The molecule has 1 aromatic heterocycles. The van der Waals surface area contributed by atoms with Gasteiger partial charge in [0.25, 0.3) is 0 Å². The zero-order chi connectivity index (χ0) is 31.0. The summed E-state index contributed by atoms with van der Waals surface area (Å²) in [5.74, 6) is -2.41. The summed E-state index contributed by atoms with van der Waals surface area (Å²) in [6.07, 6.45) is -0.298. The van der Waals surface area contributed by atoms with Gasteiger partial charge in [0.05, 0.1) is 0 Å². The van der Waals surface area contributed by atoms with E-state index >= 15 is 0 Å². The first-order chi connectivity index (χ1) is 20.5. The number of carboxylic acids is 1. The maximum atomic E-state index is 13.4. The van der Waals surface area contributed by atoms with E-state index in [4.69, 9.17) is 15.6 Å². The number of carboxylic acid groups (broad SMARTS) is 1. The van der Waals surface area contributed by atoms with E-state index in [1.807, 2.05) is 60.7 Å². The Morgan fingerprint density at radius 1 is 0.953 bits per heavy atom. The first-order valence-electron chi connectivity index (χ1n) is 13.5. The van der Waals surface area contributed by atoms with Gasteiger partial charge in [0.1, 0.15) is 11.9 Å². The summed E-state index contributed by atoms with van der Waals surface area (Å²) in [6.45, 7) is 0.346. The van der Waals surface area contributed by atoms with Crippen LogP contribution in [0.1, 0.15) is 42.0 Å². The molecule has 1 unspecified atom stereocenters. The second kappa shape index (κ2) is 13.7. The molecule has 0 saturated carbocycles. The van der Waals surface area contributed by atoms with Crippen LogP contribution in [0.25, 0.3) is 10.8 Å². The lowest BCUT2D eigenvalue weighted by molar-refractivity contribution is -0.192. The van der Waals surface area contributed by atoms with Gasteiger partial charge in [-0.1, -0.05) is 36.4 Å². The summed E-state index contributed by atoms with van der Waals surface area (Å²) in [5, 5.41) is 18.4. The molecule has 2 aliphatic rings. The average Bonchev–Trinajstić information content (AvgIpc) is 2.97.